The molecule has 3 aromatic heterocycles. The van der Waals surface area contributed by atoms with Gasteiger partial charge >= 0.3 is 0 Å². The van der Waals surface area contributed by atoms with Gasteiger partial charge in [-0.2, -0.15) is 0 Å². The van der Waals surface area contributed by atoms with Crippen LogP contribution in [0.25, 0.3) is 110 Å². The summed E-state index contributed by atoms with van der Waals surface area (Å²) in [5.41, 5.74) is 13.5. The summed E-state index contributed by atoms with van der Waals surface area (Å²) in [7, 11) is 0. The molecule has 0 spiro atoms. The zero-order valence-electron chi connectivity index (χ0n) is 29.8. The highest BCUT2D eigenvalue weighted by Crippen LogP contribution is 2.41. The lowest BCUT2D eigenvalue weighted by Gasteiger charge is -2.10. The van der Waals surface area contributed by atoms with E-state index in [0.29, 0.717) is 0 Å². The van der Waals surface area contributed by atoms with E-state index >= 15 is 0 Å². The van der Waals surface area contributed by atoms with E-state index < -0.39 is 0 Å². The van der Waals surface area contributed by atoms with E-state index in [2.05, 4.69) is 197 Å². The van der Waals surface area contributed by atoms with Crippen molar-refractivity contribution in [3.05, 3.63) is 194 Å². The summed E-state index contributed by atoms with van der Waals surface area (Å²) < 4.78 is 11.3. The zero-order chi connectivity index (χ0) is 36.0. The Morgan fingerprint density at radius 2 is 0.873 bits per heavy atom. The largest absolute Gasteiger partial charge is 0.455 e. The molecule has 3 heteroatoms. The van der Waals surface area contributed by atoms with Gasteiger partial charge in [0.2, 0.25) is 0 Å². The fourth-order valence-electron chi connectivity index (χ4n) is 8.95. The number of benzene rings is 9. The summed E-state index contributed by atoms with van der Waals surface area (Å²) in [6.07, 6.45) is 0. The molecule has 0 fully saturated rings. The van der Waals surface area contributed by atoms with Crippen molar-refractivity contribution in [1.82, 2.24) is 9.13 Å². The van der Waals surface area contributed by atoms with Gasteiger partial charge < -0.3 is 13.6 Å². The van der Waals surface area contributed by atoms with Gasteiger partial charge in [-0.25, -0.2) is 0 Å². The molecule has 0 N–H and O–H groups in total. The molecule has 0 unspecified atom stereocenters. The molecule has 0 aliphatic rings. The third-order valence-corrected chi connectivity index (χ3v) is 11.5. The van der Waals surface area contributed by atoms with Gasteiger partial charge in [-0.15, -0.1) is 0 Å². The van der Waals surface area contributed by atoms with Crippen LogP contribution in [0.2, 0.25) is 0 Å². The molecule has 0 aliphatic heterocycles. The maximum absolute atomic E-state index is 6.52. The molecule has 256 valence electrons. The summed E-state index contributed by atoms with van der Waals surface area (Å²) in [5, 5.41) is 9.66. The maximum Gasteiger partial charge on any atom is 0.143 e. The van der Waals surface area contributed by atoms with Crippen LogP contribution in [0.5, 0.6) is 0 Å². The van der Waals surface area contributed by atoms with Gasteiger partial charge in [0.05, 0.1) is 22.1 Å². The molecule has 0 atom stereocenters. The smallest absolute Gasteiger partial charge is 0.143 e. The van der Waals surface area contributed by atoms with Crippen LogP contribution in [0.15, 0.2) is 199 Å². The van der Waals surface area contributed by atoms with Crippen molar-refractivity contribution in [2.75, 3.05) is 0 Å². The second kappa shape index (κ2) is 11.6. The lowest BCUT2D eigenvalue weighted by atomic mass is 9.98. The van der Waals surface area contributed by atoms with Crippen LogP contribution in [0.4, 0.5) is 0 Å². The molecule has 0 amide bonds. The van der Waals surface area contributed by atoms with Crippen molar-refractivity contribution in [1.29, 1.82) is 0 Å². The first-order valence-electron chi connectivity index (χ1n) is 18.8. The normalized spacial score (nSPS) is 12.0. The molecule has 12 aromatic rings. The van der Waals surface area contributed by atoms with E-state index in [4.69, 9.17) is 4.42 Å². The molecule has 3 heterocycles. The molecule has 12 rings (SSSR count). The standard InChI is InChI=1S/C52H32N2O/c1-2-13-38(14-3-1)53-47-19-8-6-15-41(47)44-30-35(22-26-48(44)53)36-23-27-49-45(31-36)46-32-37(40-17-10-18-43-42-16-7-9-20-51(42)55-52(40)43)24-28-50(46)54(49)39-25-21-33-11-4-5-12-34(33)29-39/h1-32H. The molecule has 55 heavy (non-hydrogen) atoms. The van der Waals surface area contributed by atoms with Crippen molar-refractivity contribution < 1.29 is 4.42 Å². The highest BCUT2D eigenvalue weighted by atomic mass is 16.3. The minimum atomic E-state index is 0.910. The van der Waals surface area contributed by atoms with Gasteiger partial charge in [0.15, 0.2) is 0 Å². The Balaban J connectivity index is 1.10. The molecule has 0 radical (unpaired) electrons. The van der Waals surface area contributed by atoms with Crippen molar-refractivity contribution in [3.8, 4) is 33.6 Å². The molecular formula is C52H32N2O. The number of fused-ring (bicyclic) bond motifs is 10. The maximum atomic E-state index is 6.52. The number of rotatable bonds is 4. The summed E-state index contributed by atoms with van der Waals surface area (Å²) in [6, 6.07) is 70.3. The summed E-state index contributed by atoms with van der Waals surface area (Å²) in [4.78, 5) is 0. The molecule has 0 aliphatic carbocycles. The first kappa shape index (κ1) is 30.1. The summed E-state index contributed by atoms with van der Waals surface area (Å²) in [6.45, 7) is 0. The average Bonchev–Trinajstić information content (AvgIpc) is 3.91. The molecule has 9 aromatic carbocycles. The molecule has 3 nitrogen and oxygen atoms in total. The number of aromatic nitrogens is 2. The van der Waals surface area contributed by atoms with Gasteiger partial charge in [0.25, 0.3) is 0 Å². The predicted molar refractivity (Wildman–Crippen MR) is 231 cm³/mol. The van der Waals surface area contributed by atoms with Gasteiger partial charge in [-0.1, -0.05) is 121 Å². The van der Waals surface area contributed by atoms with Crippen LogP contribution < -0.4 is 0 Å². The third-order valence-electron chi connectivity index (χ3n) is 11.5. The minimum absolute atomic E-state index is 0.910. The van der Waals surface area contributed by atoms with E-state index in [1.54, 1.807) is 0 Å². The second-order valence-corrected chi connectivity index (χ2v) is 14.5. The van der Waals surface area contributed by atoms with Gasteiger partial charge in [-0.05, 0) is 100 Å². The summed E-state index contributed by atoms with van der Waals surface area (Å²) >= 11 is 0. The Morgan fingerprint density at radius 1 is 0.309 bits per heavy atom. The Labute approximate surface area is 316 Å². The number of hydrogen-bond acceptors (Lipinski definition) is 1. The van der Waals surface area contributed by atoms with Crippen LogP contribution in [0, 0.1) is 0 Å². The number of hydrogen-bond donors (Lipinski definition) is 0. The first-order valence-corrected chi connectivity index (χ1v) is 18.8. The van der Waals surface area contributed by atoms with Crippen molar-refractivity contribution in [2.45, 2.75) is 0 Å². The minimum Gasteiger partial charge on any atom is -0.455 e. The topological polar surface area (TPSA) is 23.0 Å². The van der Waals surface area contributed by atoms with Crippen LogP contribution in [-0.2, 0) is 0 Å². The predicted octanol–water partition coefficient (Wildman–Crippen LogP) is 14.3. The molecule has 0 saturated heterocycles. The van der Waals surface area contributed by atoms with E-state index in [1.807, 2.05) is 6.07 Å². The highest BCUT2D eigenvalue weighted by molar-refractivity contribution is 6.15. The van der Waals surface area contributed by atoms with Crippen LogP contribution in [0.3, 0.4) is 0 Å². The van der Waals surface area contributed by atoms with Crippen LogP contribution in [0.1, 0.15) is 0 Å². The van der Waals surface area contributed by atoms with Gasteiger partial charge in [0, 0.05) is 49.3 Å². The monoisotopic (exact) mass is 700 g/mol. The molecule has 0 bridgehead atoms. The van der Waals surface area contributed by atoms with E-state index in [-0.39, 0.29) is 0 Å². The Hall–Kier alpha value is -7.36. The van der Waals surface area contributed by atoms with Crippen LogP contribution >= 0.6 is 0 Å². The zero-order valence-corrected chi connectivity index (χ0v) is 29.8. The third kappa shape index (κ3) is 4.50. The lowest BCUT2D eigenvalue weighted by molar-refractivity contribution is 0.670. The number of nitrogens with zero attached hydrogens (tertiary/aromatic N) is 2. The number of furan rings is 1. The number of para-hydroxylation sites is 4. The summed E-state index contributed by atoms with van der Waals surface area (Å²) in [5.74, 6) is 0. The van der Waals surface area contributed by atoms with E-state index in [1.165, 1.54) is 71.2 Å². The first-order chi connectivity index (χ1) is 27.3. The molecule has 0 saturated carbocycles. The van der Waals surface area contributed by atoms with Crippen molar-refractivity contribution >= 4 is 76.3 Å². The van der Waals surface area contributed by atoms with Gasteiger partial charge in [0.1, 0.15) is 11.2 Å². The van der Waals surface area contributed by atoms with Crippen LogP contribution in [-0.4, -0.2) is 9.13 Å². The van der Waals surface area contributed by atoms with E-state index in [9.17, 15) is 0 Å². The lowest BCUT2D eigenvalue weighted by Crippen LogP contribution is -1.94. The SMILES string of the molecule is c1ccc(-n2c3ccccc3c3cc(-c4ccc5c(c4)c4cc(-c6cccc7c6oc6ccccc67)ccc4n5-c4ccc5ccccc5c4)ccc32)cc1. The fourth-order valence-corrected chi connectivity index (χ4v) is 8.95. The Bertz CT molecular complexity index is 3490. The Morgan fingerprint density at radius 3 is 1.65 bits per heavy atom. The van der Waals surface area contributed by atoms with E-state index in [0.717, 1.165) is 38.8 Å². The average molecular weight is 701 g/mol. The van der Waals surface area contributed by atoms with Gasteiger partial charge in [-0.3, -0.25) is 0 Å². The second-order valence-electron chi connectivity index (χ2n) is 14.5. The molecular weight excluding hydrogens is 669 g/mol. The van der Waals surface area contributed by atoms with Crippen molar-refractivity contribution in [3.63, 3.8) is 0 Å². The Kier molecular flexibility index (Phi) is 6.34. The fraction of sp³-hybridized carbons (Fsp3) is 0. The quantitative estimate of drug-likeness (QED) is 0.179. The highest BCUT2D eigenvalue weighted by Gasteiger charge is 2.18. The van der Waals surface area contributed by atoms with Crippen molar-refractivity contribution in [2.24, 2.45) is 0 Å².